The molecule has 6 aliphatic heterocycles. The number of ether oxygens (including phenoxy) is 15. The van der Waals surface area contributed by atoms with Crippen LogP contribution in [-0.4, -0.2) is 281 Å². The number of hydrogen-bond acceptors (Lipinski definition) is 33. The molecule has 0 aromatic heterocycles. The Labute approximate surface area is 641 Å². The van der Waals surface area contributed by atoms with Crippen molar-refractivity contribution in [2.24, 2.45) is 23.7 Å². The van der Waals surface area contributed by atoms with Crippen molar-refractivity contribution in [3.63, 3.8) is 0 Å². The Morgan fingerprint density at radius 3 is 1.04 bits per heavy atom. The van der Waals surface area contributed by atoms with Crippen molar-refractivity contribution in [3.05, 3.63) is 108 Å². The first-order valence-electron chi connectivity index (χ1n) is 34.4. The molecular formula is C63H91N3O39S6. The zero-order chi connectivity index (χ0) is 81.0. The third-order valence-electron chi connectivity index (χ3n) is 18.8. The van der Waals surface area contributed by atoms with Crippen LogP contribution < -0.4 is 14.2 Å². The molecule has 3 aromatic rings. The molecular weight excluding hydrogens is 1620 g/mol. The predicted molar refractivity (Wildman–Crippen MR) is 371 cm³/mol. The van der Waals surface area contributed by atoms with Crippen LogP contribution in [0, 0.1) is 36.0 Å². The molecule has 6 aliphatic rings. The second kappa shape index (κ2) is 39.8. The van der Waals surface area contributed by atoms with Crippen molar-refractivity contribution in [3.8, 4) is 12.3 Å². The molecule has 6 saturated heterocycles. The average molecular weight is 1710 g/mol. The molecule has 42 nitrogen and oxygen atoms in total. The summed E-state index contributed by atoms with van der Waals surface area (Å²) >= 11 is 0. The van der Waals surface area contributed by atoms with Gasteiger partial charge in [0.15, 0.2) is 37.7 Å². The van der Waals surface area contributed by atoms with E-state index in [0.29, 0.717) is 11.1 Å². The van der Waals surface area contributed by atoms with E-state index in [4.69, 9.17) is 85.8 Å². The summed E-state index contributed by atoms with van der Waals surface area (Å²) in [6.07, 6.45) is -29.5. The molecule has 628 valence electrons. The molecule has 48 heteroatoms. The second-order valence-electron chi connectivity index (χ2n) is 26.9. The maximum atomic E-state index is 13.1. The Bertz CT molecular complexity index is 4180. The number of benzene rings is 3. The summed E-state index contributed by atoms with van der Waals surface area (Å²) < 4.78 is 323. The lowest BCUT2D eigenvalue weighted by atomic mass is 9.88. The fraction of sp³-hybridized carbons (Fsp3) is 0.683. The number of aliphatic hydroxyl groups is 3. The Morgan fingerprint density at radius 1 is 0.405 bits per heavy atom. The fourth-order valence-corrected chi connectivity index (χ4v) is 16.4. The van der Waals surface area contributed by atoms with Gasteiger partial charge in [-0.2, -0.15) is 64.7 Å². The molecule has 0 aliphatic carbocycles. The van der Waals surface area contributed by atoms with Crippen molar-refractivity contribution in [1.82, 2.24) is 14.2 Å². The van der Waals surface area contributed by atoms with Gasteiger partial charge in [0.2, 0.25) is 0 Å². The summed E-state index contributed by atoms with van der Waals surface area (Å²) in [5, 5.41) is 36.6. The van der Waals surface area contributed by atoms with E-state index in [9.17, 15) is 93.1 Å². The predicted octanol–water partition coefficient (Wildman–Crippen LogP) is -1.29. The van der Waals surface area contributed by atoms with Crippen LogP contribution in [0.4, 0.5) is 0 Å². The molecule has 3 aromatic carbocycles. The van der Waals surface area contributed by atoms with Gasteiger partial charge in [-0.05, 0) is 23.1 Å². The van der Waals surface area contributed by atoms with Gasteiger partial charge in [-0.1, -0.05) is 119 Å². The third-order valence-corrected chi connectivity index (χ3v) is 21.8. The van der Waals surface area contributed by atoms with Crippen molar-refractivity contribution in [2.45, 2.75) is 202 Å². The van der Waals surface area contributed by atoms with Gasteiger partial charge in [0.25, 0.3) is 0 Å². The number of aliphatic hydroxyl groups excluding tert-OH is 3. The SMILES string of the molecule is C#CCCCO[C@@H]1OC(COS(=O)(=O)O)[C@@H](O[C@@H]2OC[C@@H](O[C@@H]3OC(COS(=O)(=O)O)[C@@H](O[C@@H]4OC[C@@H](O[C@@H]5OC(COS(=O)(=O)O)[C@@H](O[C@@H]6OC[C@@H](C)[C@@H](OCc7ccccc7)C6O)[C@H](C)C5NS(=O)(=O)O)[C@@H](OCc5ccccc5)C4O)[C@H](C)C3NS(=O)(=O)O)[C@@H](OCc3ccccc3)C2O)[C@H](C)C1NS(=O)(=O)O. The average Bonchev–Trinajstić information content (AvgIpc) is 0.775. The van der Waals surface area contributed by atoms with Crippen LogP contribution in [0.1, 0.15) is 57.2 Å². The van der Waals surface area contributed by atoms with Crippen LogP contribution >= 0.6 is 0 Å². The van der Waals surface area contributed by atoms with Crippen molar-refractivity contribution in [1.29, 1.82) is 0 Å². The van der Waals surface area contributed by atoms with Crippen molar-refractivity contribution < 1.29 is 177 Å². The minimum Gasteiger partial charge on any atom is -0.385 e. The minimum absolute atomic E-state index is 0.0395. The molecule has 6 fully saturated rings. The highest BCUT2D eigenvalue weighted by Crippen LogP contribution is 2.40. The molecule has 27 atom stereocenters. The van der Waals surface area contributed by atoms with E-state index in [-0.39, 0.29) is 45.9 Å². The number of unbranched alkanes of at least 4 members (excludes halogenated alkanes) is 1. The minimum atomic E-state index is -5.43. The highest BCUT2D eigenvalue weighted by molar-refractivity contribution is 7.84. The summed E-state index contributed by atoms with van der Waals surface area (Å²) in [5.74, 6) is -2.20. The maximum absolute atomic E-state index is 13.1. The molecule has 0 amide bonds. The summed E-state index contributed by atoms with van der Waals surface area (Å²) in [6.45, 7) is -0.211. The van der Waals surface area contributed by atoms with Gasteiger partial charge in [-0.3, -0.25) is 27.3 Å². The topological polar surface area (TPSA) is 589 Å². The number of hydrogen-bond donors (Lipinski definition) is 12. The lowest BCUT2D eigenvalue weighted by molar-refractivity contribution is -0.365. The Morgan fingerprint density at radius 2 is 0.712 bits per heavy atom. The van der Waals surface area contributed by atoms with Crippen LogP contribution in [0.2, 0.25) is 0 Å². The second-order valence-corrected chi connectivity index (χ2v) is 33.7. The molecule has 6 heterocycles. The van der Waals surface area contributed by atoms with Crippen molar-refractivity contribution in [2.75, 3.05) is 46.2 Å². The molecule has 0 radical (unpaired) electrons. The van der Waals surface area contributed by atoms with Gasteiger partial charge in [-0.15, -0.1) is 12.3 Å². The first-order valence-corrected chi connectivity index (χ1v) is 42.8. The lowest BCUT2D eigenvalue weighted by Gasteiger charge is -2.50. The van der Waals surface area contributed by atoms with Crippen molar-refractivity contribution >= 4 is 62.1 Å². The van der Waals surface area contributed by atoms with Gasteiger partial charge >= 0.3 is 62.1 Å². The van der Waals surface area contributed by atoms with E-state index in [0.717, 1.165) is 5.56 Å². The van der Waals surface area contributed by atoms with E-state index < -0.39 is 260 Å². The first kappa shape index (κ1) is 90.6. The standard InChI is InChI=1S/C63H91N3O39S6/c1-6-7-17-24-88-58-46(64-106(70,71)72)35(3)53(43(98-58)31-95-109(79,80)81)104-62-50(68)56(90-27-39-20-13-9-14-21-39)41(29-93-62)100-60-48(66-108(76,77)78)37(5)55(45(102-60)33-97-111(85,86)87)105-63-51(69)57(91-28-40-22-15-10-16-23-40)42(30-94-63)99-59-47(65-107(73,74)75)36(4)54(44(101-59)32-96-110(82,83)84)103-61-49(67)52(34(2)25-92-61)89-26-38-18-11-8-12-19-38/h1,8-16,18-23,34-37,41-69H,7,17,24-33H2,2-5H3,(H,70,71,72)(H,73,74,75)(H,76,77,78)(H,79,80,81)(H,82,83,84)(H,85,86,87)/t34-,35-,36-,37-,41-,42-,43?,44?,45?,46?,47?,48?,49?,50?,51?,52-,53+,54+,55+,56-,57-,58-,59-,60-,61+,62+,63+/m1/s1. The molecule has 111 heavy (non-hydrogen) atoms. The van der Waals surface area contributed by atoms with Gasteiger partial charge in [-0.25, -0.2) is 12.5 Å². The number of rotatable bonds is 38. The highest BCUT2D eigenvalue weighted by Gasteiger charge is 2.57. The van der Waals surface area contributed by atoms with Gasteiger partial charge in [0.05, 0.1) is 109 Å². The molecule has 0 spiro atoms. The van der Waals surface area contributed by atoms with Crippen LogP contribution in [0.15, 0.2) is 91.0 Å². The largest absolute Gasteiger partial charge is 0.397 e. The molecule has 0 bridgehead atoms. The number of nitrogens with one attached hydrogen (secondary N) is 3. The lowest BCUT2D eigenvalue weighted by Crippen LogP contribution is -2.67. The quantitative estimate of drug-likeness (QED) is 0.0180. The van der Waals surface area contributed by atoms with Gasteiger partial charge in [0, 0.05) is 30.1 Å². The van der Waals surface area contributed by atoms with E-state index in [1.807, 2.05) is 14.2 Å². The van der Waals surface area contributed by atoms with Crippen LogP contribution in [-0.2, 0) is 166 Å². The summed E-state index contributed by atoms with van der Waals surface area (Å²) in [6, 6.07) is 20.0. The molecule has 0 saturated carbocycles. The Balaban J connectivity index is 0.991. The fourth-order valence-electron chi connectivity index (χ4n) is 13.5. The molecule has 12 N–H and O–H groups in total. The van der Waals surface area contributed by atoms with E-state index in [2.05, 4.69) is 10.1 Å². The first-order chi connectivity index (χ1) is 52.1. The van der Waals surface area contributed by atoms with Gasteiger partial charge in [0.1, 0.15) is 61.0 Å². The summed E-state index contributed by atoms with van der Waals surface area (Å²) in [7, 11) is -31.8. The molecule has 9 rings (SSSR count). The third kappa shape index (κ3) is 27.1. The summed E-state index contributed by atoms with van der Waals surface area (Å²) in [4.78, 5) is 0. The van der Waals surface area contributed by atoms with Gasteiger partial charge < -0.3 is 86.4 Å². The van der Waals surface area contributed by atoms with E-state index in [1.54, 1.807) is 97.9 Å². The Kier molecular flexibility index (Phi) is 32.5. The smallest absolute Gasteiger partial charge is 0.385 e. The van der Waals surface area contributed by atoms with E-state index in [1.165, 1.54) is 20.8 Å². The molecule has 9 unspecified atom stereocenters. The highest BCUT2D eigenvalue weighted by atomic mass is 32.3. The zero-order valence-corrected chi connectivity index (χ0v) is 64.4. The van der Waals surface area contributed by atoms with Crippen LogP contribution in [0.25, 0.3) is 0 Å². The van der Waals surface area contributed by atoms with Crippen LogP contribution in [0.5, 0.6) is 0 Å². The van der Waals surface area contributed by atoms with Crippen LogP contribution in [0.3, 0.4) is 0 Å². The normalized spacial score (nSPS) is 35.6. The maximum Gasteiger partial charge on any atom is 0.397 e. The van der Waals surface area contributed by atoms with E-state index >= 15 is 0 Å². The summed E-state index contributed by atoms with van der Waals surface area (Å²) in [5.41, 5.74) is 1.69. The zero-order valence-electron chi connectivity index (χ0n) is 59.5. The Hall–Kier alpha value is -4.28. The number of terminal acetylenes is 1. The monoisotopic (exact) mass is 1710 g/mol.